The van der Waals surface area contributed by atoms with Crippen molar-refractivity contribution in [2.75, 3.05) is 26.2 Å². The van der Waals surface area contributed by atoms with E-state index in [0.717, 1.165) is 0 Å². The highest BCUT2D eigenvalue weighted by Gasteiger charge is 2.42. The molecule has 1 aliphatic rings. The molecule has 1 saturated heterocycles. The van der Waals surface area contributed by atoms with Crippen molar-refractivity contribution in [3.8, 4) is 0 Å². The van der Waals surface area contributed by atoms with Crippen molar-refractivity contribution in [1.29, 1.82) is 0 Å². The number of halogens is 3. The number of nitrogens with one attached hydrogen (secondary N) is 1. The Balaban J connectivity index is 2.74. The molecule has 2 unspecified atom stereocenters. The topological polar surface area (TPSA) is 35.5 Å². The van der Waals surface area contributed by atoms with E-state index < -0.39 is 24.4 Å². The quantitative estimate of drug-likeness (QED) is 0.795. The normalized spacial score (nSPS) is 30.9. The van der Waals surface area contributed by atoms with Crippen LogP contribution in [0.25, 0.3) is 0 Å². The Kier molecular flexibility index (Phi) is 4.80. The van der Waals surface area contributed by atoms with E-state index in [9.17, 15) is 18.3 Å². The molecule has 6 heteroatoms. The van der Waals surface area contributed by atoms with Crippen molar-refractivity contribution in [2.45, 2.75) is 44.5 Å². The van der Waals surface area contributed by atoms with Gasteiger partial charge in [0.25, 0.3) is 0 Å². The third kappa shape index (κ3) is 4.44. The molecule has 0 aromatic heterocycles. The lowest BCUT2D eigenvalue weighted by atomic mass is 9.88. The molecule has 1 rings (SSSR count). The first kappa shape index (κ1) is 14.7. The van der Waals surface area contributed by atoms with Crippen LogP contribution in [0.5, 0.6) is 0 Å². The van der Waals surface area contributed by atoms with Crippen LogP contribution in [0.4, 0.5) is 13.2 Å². The fraction of sp³-hybridized carbons (Fsp3) is 1.00. The van der Waals surface area contributed by atoms with E-state index in [2.05, 4.69) is 5.32 Å². The monoisotopic (exact) mass is 254 g/mol. The lowest BCUT2D eigenvalue weighted by molar-refractivity contribution is -0.164. The Hall–Kier alpha value is -0.330. The summed E-state index contributed by atoms with van der Waals surface area (Å²) in [6, 6.07) is -0.474. The predicted molar refractivity (Wildman–Crippen MR) is 59.8 cm³/mol. The van der Waals surface area contributed by atoms with E-state index in [1.165, 1.54) is 4.90 Å². The highest BCUT2D eigenvalue weighted by atomic mass is 19.4. The number of alkyl halides is 3. The second-order valence-electron chi connectivity index (χ2n) is 4.91. The fourth-order valence-electron chi connectivity index (χ4n) is 2.35. The van der Waals surface area contributed by atoms with Gasteiger partial charge in [0.2, 0.25) is 0 Å². The van der Waals surface area contributed by atoms with Crippen LogP contribution in [0.15, 0.2) is 0 Å². The summed E-state index contributed by atoms with van der Waals surface area (Å²) < 4.78 is 37.5. The summed E-state index contributed by atoms with van der Waals surface area (Å²) in [5, 5.41) is 13.2. The highest BCUT2D eigenvalue weighted by molar-refractivity contribution is 4.95. The van der Waals surface area contributed by atoms with Crippen LogP contribution in [-0.2, 0) is 0 Å². The first-order valence-electron chi connectivity index (χ1n) is 6.00. The molecule has 2 N–H and O–H groups in total. The lowest BCUT2D eigenvalue weighted by Crippen LogP contribution is -2.61. The molecule has 0 amide bonds. The first-order valence-corrected chi connectivity index (χ1v) is 6.00. The van der Waals surface area contributed by atoms with Crippen LogP contribution in [0.1, 0.15) is 26.7 Å². The summed E-state index contributed by atoms with van der Waals surface area (Å²) in [6.45, 7) is 3.91. The number of nitrogens with zero attached hydrogens (tertiary/aromatic N) is 1. The van der Waals surface area contributed by atoms with Crippen LogP contribution < -0.4 is 5.32 Å². The summed E-state index contributed by atoms with van der Waals surface area (Å²) in [7, 11) is 0. The van der Waals surface area contributed by atoms with Gasteiger partial charge in [-0.1, -0.05) is 6.92 Å². The van der Waals surface area contributed by atoms with E-state index in [4.69, 9.17) is 0 Å². The number of hydrogen-bond acceptors (Lipinski definition) is 3. The van der Waals surface area contributed by atoms with Gasteiger partial charge in [-0.15, -0.1) is 0 Å². The third-order valence-corrected chi connectivity index (χ3v) is 3.20. The predicted octanol–water partition coefficient (Wildman–Crippen LogP) is 1.37. The van der Waals surface area contributed by atoms with E-state index in [1.807, 2.05) is 6.92 Å². The maximum absolute atomic E-state index is 12.5. The molecule has 102 valence electrons. The van der Waals surface area contributed by atoms with Gasteiger partial charge in [-0.05, 0) is 32.9 Å². The summed E-state index contributed by atoms with van der Waals surface area (Å²) >= 11 is 0. The van der Waals surface area contributed by atoms with Gasteiger partial charge < -0.3 is 10.4 Å². The lowest BCUT2D eigenvalue weighted by Gasteiger charge is -2.44. The molecule has 0 spiro atoms. The number of piperidine rings is 1. The summed E-state index contributed by atoms with van der Waals surface area (Å²) in [4.78, 5) is 1.34. The van der Waals surface area contributed by atoms with E-state index in [1.54, 1.807) is 6.92 Å². The van der Waals surface area contributed by atoms with Gasteiger partial charge in [0.05, 0.1) is 18.2 Å². The molecule has 1 aliphatic heterocycles. The minimum Gasteiger partial charge on any atom is -0.388 e. The van der Waals surface area contributed by atoms with E-state index in [-0.39, 0.29) is 0 Å². The molecule has 0 aromatic rings. The Bertz CT molecular complexity index is 243. The van der Waals surface area contributed by atoms with Crippen molar-refractivity contribution in [1.82, 2.24) is 10.2 Å². The molecule has 3 nitrogen and oxygen atoms in total. The molecule has 0 radical (unpaired) electrons. The standard InChI is InChI=1S/C11H21F3N2O/c1-3-6-16(8-11(12,13)14)9-7-15-5-4-10(9,2)17/h9,15,17H,3-8H2,1-2H3. The molecule has 1 heterocycles. The van der Waals surface area contributed by atoms with Crippen LogP contribution in [0.2, 0.25) is 0 Å². The van der Waals surface area contributed by atoms with Gasteiger partial charge in [0.1, 0.15) is 0 Å². The van der Waals surface area contributed by atoms with Crippen LogP contribution in [0, 0.1) is 0 Å². The average Bonchev–Trinajstić information content (AvgIpc) is 2.14. The van der Waals surface area contributed by atoms with Crippen molar-refractivity contribution in [3.05, 3.63) is 0 Å². The number of aliphatic hydroxyl groups is 1. The molecule has 0 aliphatic carbocycles. The zero-order valence-corrected chi connectivity index (χ0v) is 10.3. The molecule has 1 fully saturated rings. The minimum atomic E-state index is -4.22. The van der Waals surface area contributed by atoms with Gasteiger partial charge in [0.15, 0.2) is 0 Å². The van der Waals surface area contributed by atoms with Gasteiger partial charge in [-0.2, -0.15) is 13.2 Å². The van der Waals surface area contributed by atoms with E-state index in [0.29, 0.717) is 32.5 Å². The number of rotatable bonds is 4. The Morgan fingerprint density at radius 2 is 2.12 bits per heavy atom. The number of hydrogen-bond donors (Lipinski definition) is 2. The fourth-order valence-corrected chi connectivity index (χ4v) is 2.35. The molecular formula is C11H21F3N2O. The molecule has 0 bridgehead atoms. The van der Waals surface area contributed by atoms with Crippen molar-refractivity contribution in [3.63, 3.8) is 0 Å². The molecule has 0 saturated carbocycles. The van der Waals surface area contributed by atoms with E-state index >= 15 is 0 Å². The SMILES string of the molecule is CCCN(CC(F)(F)F)C1CNCCC1(C)O. The average molecular weight is 254 g/mol. The minimum absolute atomic E-state index is 0.349. The maximum atomic E-state index is 12.5. The van der Waals surface area contributed by atoms with Gasteiger partial charge >= 0.3 is 6.18 Å². The van der Waals surface area contributed by atoms with Crippen LogP contribution >= 0.6 is 0 Å². The zero-order chi connectivity index (χ0) is 13.1. The molecule has 0 aromatic carbocycles. The van der Waals surface area contributed by atoms with Gasteiger partial charge in [-0.3, -0.25) is 4.90 Å². The summed E-state index contributed by atoms with van der Waals surface area (Å²) in [5.74, 6) is 0. The second-order valence-corrected chi connectivity index (χ2v) is 4.91. The van der Waals surface area contributed by atoms with Crippen molar-refractivity contribution >= 4 is 0 Å². The maximum Gasteiger partial charge on any atom is 0.401 e. The van der Waals surface area contributed by atoms with Gasteiger partial charge in [-0.25, -0.2) is 0 Å². The summed E-state index contributed by atoms with van der Waals surface area (Å²) in [6.07, 6.45) is -3.10. The van der Waals surface area contributed by atoms with Crippen molar-refractivity contribution < 1.29 is 18.3 Å². The van der Waals surface area contributed by atoms with Crippen molar-refractivity contribution in [2.24, 2.45) is 0 Å². The largest absolute Gasteiger partial charge is 0.401 e. The Morgan fingerprint density at radius 1 is 1.47 bits per heavy atom. The Labute approximate surface area is 100.0 Å². The van der Waals surface area contributed by atoms with Gasteiger partial charge in [0, 0.05) is 6.54 Å². The molecule has 2 atom stereocenters. The third-order valence-electron chi connectivity index (χ3n) is 3.20. The van der Waals surface area contributed by atoms with Crippen LogP contribution in [0.3, 0.4) is 0 Å². The second kappa shape index (κ2) is 5.54. The van der Waals surface area contributed by atoms with Crippen LogP contribution in [-0.4, -0.2) is 54.0 Å². The Morgan fingerprint density at radius 3 is 2.59 bits per heavy atom. The molecular weight excluding hydrogens is 233 g/mol. The highest BCUT2D eigenvalue weighted by Crippen LogP contribution is 2.26. The molecule has 17 heavy (non-hydrogen) atoms. The first-order chi connectivity index (χ1) is 7.76. The smallest absolute Gasteiger partial charge is 0.388 e. The summed E-state index contributed by atoms with van der Waals surface area (Å²) in [5.41, 5.74) is -1.05. The zero-order valence-electron chi connectivity index (χ0n) is 10.3.